The molecule has 3 N–H and O–H groups in total. The highest BCUT2D eigenvalue weighted by molar-refractivity contribution is 7.80. The predicted octanol–water partition coefficient (Wildman–Crippen LogP) is 3.10. The summed E-state index contributed by atoms with van der Waals surface area (Å²) in [6.07, 6.45) is 0. The van der Waals surface area contributed by atoms with E-state index in [0.29, 0.717) is 5.11 Å². The van der Waals surface area contributed by atoms with Gasteiger partial charge in [-0.25, -0.2) is 10.2 Å². The topological polar surface area (TPSA) is 44.5 Å². The van der Waals surface area contributed by atoms with E-state index >= 15 is 0 Å². The first kappa shape index (κ1) is 15.2. The summed E-state index contributed by atoms with van der Waals surface area (Å²) in [6.45, 7) is 0. The van der Waals surface area contributed by atoms with Crippen LogP contribution in [0.2, 0.25) is 0 Å². The molecule has 4 nitrogen and oxygen atoms in total. The molecule has 0 saturated heterocycles. The van der Waals surface area contributed by atoms with Crippen LogP contribution in [0.3, 0.4) is 0 Å². The van der Waals surface area contributed by atoms with Gasteiger partial charge in [0.25, 0.3) is 0 Å². The lowest BCUT2D eigenvalue weighted by molar-refractivity contribution is 0.548. The number of anilines is 3. The molecule has 0 spiro atoms. The van der Waals surface area contributed by atoms with Crippen molar-refractivity contribution in [3.8, 4) is 0 Å². The number of nitrogens with two attached hydrogens (primary N) is 1. The number of hydrazine groups is 1. The van der Waals surface area contributed by atoms with Crippen molar-refractivity contribution in [3.63, 3.8) is 0 Å². The van der Waals surface area contributed by atoms with Gasteiger partial charge in [-0.15, -0.1) is 0 Å². The van der Waals surface area contributed by atoms with Gasteiger partial charge in [0.1, 0.15) is 5.82 Å². The minimum atomic E-state index is -0.244. The molecule has 2 rings (SSSR count). The van der Waals surface area contributed by atoms with E-state index in [2.05, 4.69) is 5.32 Å². The molecule has 0 radical (unpaired) electrons. The Balaban J connectivity index is 2.11. The molecule has 0 aliphatic rings. The third-order valence-corrected chi connectivity index (χ3v) is 3.43. The third kappa shape index (κ3) is 3.90. The number of hydrogen-bond acceptors (Lipinski definition) is 3. The second-order valence-electron chi connectivity index (χ2n) is 4.62. The number of benzene rings is 2. The highest BCUT2D eigenvalue weighted by atomic mass is 32.1. The average Bonchev–Trinajstić information content (AvgIpc) is 2.48. The number of hydrogen-bond donors (Lipinski definition) is 2. The SMILES string of the molecule is CN(N)C(=S)Nc1ccc(N(C)c2ccc(F)cc2)cc1. The van der Waals surface area contributed by atoms with Gasteiger partial charge in [-0.3, -0.25) is 5.01 Å². The van der Waals surface area contributed by atoms with Crippen molar-refractivity contribution in [1.82, 2.24) is 5.01 Å². The Morgan fingerprint density at radius 2 is 1.48 bits per heavy atom. The van der Waals surface area contributed by atoms with Crippen LogP contribution in [0.5, 0.6) is 0 Å². The fourth-order valence-electron chi connectivity index (χ4n) is 1.79. The molecular formula is C15H17FN4S. The molecule has 6 heteroatoms. The smallest absolute Gasteiger partial charge is 0.187 e. The molecule has 0 aromatic heterocycles. The van der Waals surface area contributed by atoms with E-state index < -0.39 is 0 Å². The van der Waals surface area contributed by atoms with Crippen LogP contribution in [0, 0.1) is 5.82 Å². The maximum atomic E-state index is 12.9. The minimum Gasteiger partial charge on any atom is -0.345 e. The maximum absolute atomic E-state index is 12.9. The minimum absolute atomic E-state index is 0.244. The molecule has 0 heterocycles. The summed E-state index contributed by atoms with van der Waals surface area (Å²) in [7, 11) is 3.60. The lowest BCUT2D eigenvalue weighted by Crippen LogP contribution is -2.36. The Morgan fingerprint density at radius 3 is 1.95 bits per heavy atom. The molecule has 0 bridgehead atoms. The Labute approximate surface area is 128 Å². The van der Waals surface area contributed by atoms with Gasteiger partial charge in [0, 0.05) is 31.2 Å². The standard InChI is InChI=1S/C15H17FN4S/c1-19(13-7-3-11(16)4-8-13)14-9-5-12(6-10-14)18-15(21)20(2)17/h3-10H,17H2,1-2H3,(H,18,21). The first-order valence-electron chi connectivity index (χ1n) is 6.36. The quantitative estimate of drug-likeness (QED) is 0.518. The summed E-state index contributed by atoms with van der Waals surface area (Å²) in [5.74, 6) is 5.30. The molecule has 0 aliphatic heterocycles. The van der Waals surface area contributed by atoms with E-state index in [1.807, 2.05) is 36.2 Å². The van der Waals surface area contributed by atoms with Gasteiger partial charge in [-0.05, 0) is 60.7 Å². The lowest BCUT2D eigenvalue weighted by atomic mass is 10.2. The summed E-state index contributed by atoms with van der Waals surface area (Å²) in [5, 5.41) is 4.80. The molecule has 2 aromatic rings. The molecule has 21 heavy (non-hydrogen) atoms. The van der Waals surface area contributed by atoms with Crippen molar-refractivity contribution in [1.29, 1.82) is 0 Å². The summed E-state index contributed by atoms with van der Waals surface area (Å²) < 4.78 is 12.9. The van der Waals surface area contributed by atoms with Crippen molar-refractivity contribution in [2.24, 2.45) is 5.84 Å². The number of nitrogens with one attached hydrogen (secondary N) is 1. The van der Waals surface area contributed by atoms with E-state index in [-0.39, 0.29) is 5.82 Å². The first-order chi connectivity index (χ1) is 9.97. The fourth-order valence-corrected chi connectivity index (χ4v) is 1.91. The van der Waals surface area contributed by atoms with Gasteiger partial charge in [-0.1, -0.05) is 0 Å². The van der Waals surface area contributed by atoms with E-state index in [9.17, 15) is 4.39 Å². The normalized spacial score (nSPS) is 10.1. The second kappa shape index (κ2) is 6.51. The van der Waals surface area contributed by atoms with Crippen LogP contribution in [0.15, 0.2) is 48.5 Å². The van der Waals surface area contributed by atoms with E-state index in [1.165, 1.54) is 17.1 Å². The van der Waals surface area contributed by atoms with Gasteiger partial charge >= 0.3 is 0 Å². The van der Waals surface area contributed by atoms with Crippen molar-refractivity contribution < 1.29 is 4.39 Å². The summed E-state index contributed by atoms with van der Waals surface area (Å²) in [4.78, 5) is 1.97. The molecule has 0 fully saturated rings. The van der Waals surface area contributed by atoms with Crippen molar-refractivity contribution >= 4 is 34.4 Å². The largest absolute Gasteiger partial charge is 0.345 e. The highest BCUT2D eigenvalue weighted by Crippen LogP contribution is 2.25. The maximum Gasteiger partial charge on any atom is 0.187 e. The monoisotopic (exact) mass is 304 g/mol. The molecule has 110 valence electrons. The third-order valence-electron chi connectivity index (χ3n) is 3.04. The number of thiocarbonyl (C=S) groups is 1. The lowest BCUT2D eigenvalue weighted by Gasteiger charge is -2.20. The van der Waals surface area contributed by atoms with Gasteiger partial charge in [0.05, 0.1) is 0 Å². The average molecular weight is 304 g/mol. The number of rotatable bonds is 3. The summed E-state index contributed by atoms with van der Waals surface area (Å²) in [5.41, 5.74) is 2.75. The van der Waals surface area contributed by atoms with Gasteiger partial charge in [0.15, 0.2) is 5.11 Å². The molecule has 0 amide bonds. The molecule has 0 unspecified atom stereocenters. The van der Waals surface area contributed by atoms with Crippen molar-refractivity contribution in [2.75, 3.05) is 24.3 Å². The highest BCUT2D eigenvalue weighted by Gasteiger charge is 2.05. The van der Waals surface area contributed by atoms with E-state index in [1.54, 1.807) is 19.2 Å². The Kier molecular flexibility index (Phi) is 4.72. The molecule has 0 saturated carbocycles. The van der Waals surface area contributed by atoms with Crippen LogP contribution in [-0.2, 0) is 0 Å². The second-order valence-corrected chi connectivity index (χ2v) is 5.01. The van der Waals surface area contributed by atoms with Crippen molar-refractivity contribution in [2.45, 2.75) is 0 Å². The van der Waals surface area contributed by atoms with Gasteiger partial charge in [-0.2, -0.15) is 0 Å². The summed E-state index contributed by atoms with van der Waals surface area (Å²) in [6, 6.07) is 14.1. The Morgan fingerprint density at radius 1 is 1.00 bits per heavy atom. The number of halogens is 1. The van der Waals surface area contributed by atoms with Crippen LogP contribution >= 0.6 is 12.2 Å². The number of nitrogens with zero attached hydrogens (tertiary/aromatic N) is 2. The van der Waals surface area contributed by atoms with Crippen LogP contribution in [0.25, 0.3) is 0 Å². The van der Waals surface area contributed by atoms with Crippen LogP contribution in [-0.4, -0.2) is 24.2 Å². The molecule has 0 atom stereocenters. The van der Waals surface area contributed by atoms with Crippen LogP contribution < -0.4 is 16.1 Å². The zero-order chi connectivity index (χ0) is 15.4. The zero-order valence-electron chi connectivity index (χ0n) is 11.9. The molecule has 2 aromatic carbocycles. The van der Waals surface area contributed by atoms with Gasteiger partial charge < -0.3 is 10.2 Å². The van der Waals surface area contributed by atoms with Crippen LogP contribution in [0.4, 0.5) is 21.5 Å². The first-order valence-corrected chi connectivity index (χ1v) is 6.77. The van der Waals surface area contributed by atoms with E-state index in [0.717, 1.165) is 17.1 Å². The van der Waals surface area contributed by atoms with Gasteiger partial charge in [0.2, 0.25) is 0 Å². The van der Waals surface area contributed by atoms with Crippen LogP contribution in [0.1, 0.15) is 0 Å². The predicted molar refractivity (Wildman–Crippen MR) is 89.1 cm³/mol. The van der Waals surface area contributed by atoms with Crippen molar-refractivity contribution in [3.05, 3.63) is 54.3 Å². The van der Waals surface area contributed by atoms with E-state index in [4.69, 9.17) is 18.1 Å². The zero-order valence-corrected chi connectivity index (χ0v) is 12.7. The summed E-state index contributed by atoms with van der Waals surface area (Å²) >= 11 is 5.08. The Hall–Kier alpha value is -2.18. The Bertz CT molecular complexity index is 611. The molecular weight excluding hydrogens is 287 g/mol. The fraction of sp³-hybridized carbons (Fsp3) is 0.133. The molecule has 0 aliphatic carbocycles.